The van der Waals surface area contributed by atoms with Crippen molar-refractivity contribution in [2.75, 3.05) is 6.54 Å². The molecule has 25 heavy (non-hydrogen) atoms. The van der Waals surface area contributed by atoms with Gasteiger partial charge < -0.3 is 10.6 Å². The van der Waals surface area contributed by atoms with Crippen LogP contribution in [0.1, 0.15) is 37.7 Å². The highest BCUT2D eigenvalue weighted by molar-refractivity contribution is 7.18. The number of aryl methyl sites for hydroxylation is 2. The van der Waals surface area contributed by atoms with Crippen LogP contribution < -0.4 is 10.6 Å². The third-order valence-corrected chi connectivity index (χ3v) is 5.60. The lowest BCUT2D eigenvalue weighted by atomic mass is 9.96. The van der Waals surface area contributed by atoms with Gasteiger partial charge in [-0.3, -0.25) is 9.78 Å². The number of benzene rings is 1. The van der Waals surface area contributed by atoms with Crippen molar-refractivity contribution in [1.82, 2.24) is 20.6 Å². The van der Waals surface area contributed by atoms with Crippen molar-refractivity contribution in [1.29, 1.82) is 0 Å². The van der Waals surface area contributed by atoms with E-state index in [2.05, 4.69) is 20.6 Å². The molecule has 0 bridgehead atoms. The number of rotatable bonds is 3. The fourth-order valence-corrected chi connectivity index (χ4v) is 4.14. The molecule has 1 amide bonds. The Morgan fingerprint density at radius 2 is 2.24 bits per heavy atom. The maximum Gasteiger partial charge on any atom is 0.251 e. The van der Waals surface area contributed by atoms with E-state index in [1.165, 1.54) is 11.1 Å². The quantitative estimate of drug-likeness (QED) is 0.761. The number of carbonyl (C=O) groups excluding carboxylic acids is 1. The van der Waals surface area contributed by atoms with Gasteiger partial charge in [-0.05, 0) is 61.7 Å². The molecule has 4 rings (SSSR count). The van der Waals surface area contributed by atoms with E-state index in [-0.39, 0.29) is 5.91 Å². The summed E-state index contributed by atoms with van der Waals surface area (Å²) in [6.07, 6.45) is 2.93. The van der Waals surface area contributed by atoms with E-state index in [9.17, 15) is 4.79 Å². The van der Waals surface area contributed by atoms with Crippen molar-refractivity contribution < 1.29 is 4.79 Å². The lowest BCUT2D eigenvalue weighted by Gasteiger charge is -2.21. The standard InChI is InChI=1S/C19H20N4OS/c1-11-16(15-5-6-20-8-14(15)9-21-11)10-22-19(24)13-3-4-18-17(7-13)23-12(2)25-18/h3-4,7,9,20H,5-6,8,10H2,1-2H3,(H,22,24). The van der Waals surface area contributed by atoms with Gasteiger partial charge in [-0.2, -0.15) is 0 Å². The molecule has 0 fully saturated rings. The summed E-state index contributed by atoms with van der Waals surface area (Å²) in [5.41, 5.74) is 6.24. The second-order valence-electron chi connectivity index (χ2n) is 6.35. The second kappa shape index (κ2) is 6.54. The van der Waals surface area contributed by atoms with Crippen LogP contribution in [0.2, 0.25) is 0 Å². The summed E-state index contributed by atoms with van der Waals surface area (Å²) in [6.45, 7) is 6.32. The molecule has 0 spiro atoms. The first kappa shape index (κ1) is 16.2. The van der Waals surface area contributed by atoms with Gasteiger partial charge in [0.05, 0.1) is 15.2 Å². The average molecular weight is 352 g/mol. The van der Waals surface area contributed by atoms with Gasteiger partial charge in [-0.1, -0.05) is 0 Å². The van der Waals surface area contributed by atoms with Crippen molar-refractivity contribution in [2.45, 2.75) is 33.4 Å². The smallest absolute Gasteiger partial charge is 0.251 e. The fraction of sp³-hybridized carbons (Fsp3) is 0.316. The number of nitrogens with one attached hydrogen (secondary N) is 2. The van der Waals surface area contributed by atoms with E-state index in [1.807, 2.05) is 38.2 Å². The highest BCUT2D eigenvalue weighted by Crippen LogP contribution is 2.23. The Kier molecular flexibility index (Phi) is 4.23. The number of thiazole rings is 1. The van der Waals surface area contributed by atoms with Crippen molar-refractivity contribution >= 4 is 27.5 Å². The number of hydrogen-bond acceptors (Lipinski definition) is 5. The van der Waals surface area contributed by atoms with E-state index < -0.39 is 0 Å². The number of pyridine rings is 1. The molecule has 0 unspecified atom stereocenters. The van der Waals surface area contributed by atoms with Crippen LogP contribution in [-0.2, 0) is 19.5 Å². The van der Waals surface area contributed by atoms with E-state index in [0.717, 1.165) is 46.0 Å². The minimum atomic E-state index is -0.0708. The predicted octanol–water partition coefficient (Wildman–Crippen LogP) is 2.88. The zero-order valence-electron chi connectivity index (χ0n) is 14.3. The predicted molar refractivity (Wildman–Crippen MR) is 99.9 cm³/mol. The summed E-state index contributed by atoms with van der Waals surface area (Å²) in [4.78, 5) is 21.5. The number of amides is 1. The van der Waals surface area contributed by atoms with Crippen LogP contribution in [0.25, 0.3) is 10.2 Å². The zero-order chi connectivity index (χ0) is 17.4. The summed E-state index contributed by atoms with van der Waals surface area (Å²) >= 11 is 1.64. The Labute approximate surface area is 150 Å². The molecule has 3 aromatic rings. The molecule has 0 aliphatic carbocycles. The van der Waals surface area contributed by atoms with Crippen molar-refractivity contribution in [3.63, 3.8) is 0 Å². The summed E-state index contributed by atoms with van der Waals surface area (Å²) in [7, 11) is 0. The van der Waals surface area contributed by atoms with E-state index in [4.69, 9.17) is 0 Å². The molecule has 1 aliphatic rings. The van der Waals surface area contributed by atoms with Crippen LogP contribution in [0.5, 0.6) is 0 Å². The number of hydrogen-bond donors (Lipinski definition) is 2. The lowest BCUT2D eigenvalue weighted by Crippen LogP contribution is -2.28. The Bertz CT molecular complexity index is 963. The monoisotopic (exact) mass is 352 g/mol. The maximum absolute atomic E-state index is 12.6. The van der Waals surface area contributed by atoms with Crippen LogP contribution in [-0.4, -0.2) is 22.4 Å². The summed E-state index contributed by atoms with van der Waals surface area (Å²) in [5.74, 6) is -0.0708. The number of nitrogens with zero attached hydrogens (tertiary/aromatic N) is 2. The number of carbonyl (C=O) groups is 1. The SMILES string of the molecule is Cc1nc2cc(C(=O)NCc3c(C)ncc4c3CCNC4)ccc2s1. The topological polar surface area (TPSA) is 66.9 Å². The molecule has 128 valence electrons. The largest absolute Gasteiger partial charge is 0.348 e. The number of aromatic nitrogens is 2. The molecule has 0 saturated heterocycles. The van der Waals surface area contributed by atoms with E-state index in [1.54, 1.807) is 11.3 Å². The van der Waals surface area contributed by atoms with Gasteiger partial charge in [0.25, 0.3) is 5.91 Å². The van der Waals surface area contributed by atoms with Crippen LogP contribution in [0.4, 0.5) is 0 Å². The molecule has 0 radical (unpaired) electrons. The first-order valence-corrected chi connectivity index (χ1v) is 9.26. The molecule has 1 aromatic carbocycles. The average Bonchev–Trinajstić information content (AvgIpc) is 2.99. The van der Waals surface area contributed by atoms with Gasteiger partial charge in [0, 0.05) is 30.5 Å². The first-order chi connectivity index (χ1) is 12.1. The number of fused-ring (bicyclic) bond motifs is 2. The van der Waals surface area contributed by atoms with Crippen LogP contribution >= 0.6 is 11.3 Å². The Morgan fingerprint density at radius 1 is 1.36 bits per heavy atom. The Balaban J connectivity index is 1.55. The Hall–Kier alpha value is -2.31. The van der Waals surface area contributed by atoms with E-state index in [0.29, 0.717) is 12.1 Å². The van der Waals surface area contributed by atoms with Gasteiger partial charge in [-0.15, -0.1) is 11.3 Å². The fourth-order valence-electron chi connectivity index (χ4n) is 3.33. The summed E-state index contributed by atoms with van der Waals surface area (Å²) in [6, 6.07) is 5.70. The van der Waals surface area contributed by atoms with Gasteiger partial charge in [-0.25, -0.2) is 4.98 Å². The van der Waals surface area contributed by atoms with Crippen molar-refractivity contribution in [3.8, 4) is 0 Å². The highest BCUT2D eigenvalue weighted by Gasteiger charge is 2.17. The summed E-state index contributed by atoms with van der Waals surface area (Å²) in [5, 5.41) is 7.43. The molecule has 2 aromatic heterocycles. The van der Waals surface area contributed by atoms with Crippen LogP contribution in [0.15, 0.2) is 24.4 Å². The van der Waals surface area contributed by atoms with Gasteiger partial charge in [0.1, 0.15) is 0 Å². The molecule has 0 saturated carbocycles. The minimum Gasteiger partial charge on any atom is -0.348 e. The zero-order valence-corrected chi connectivity index (χ0v) is 15.2. The molecule has 5 nitrogen and oxygen atoms in total. The molecular formula is C19H20N4OS. The molecule has 6 heteroatoms. The lowest BCUT2D eigenvalue weighted by molar-refractivity contribution is 0.0951. The third kappa shape index (κ3) is 3.15. The molecule has 0 atom stereocenters. The van der Waals surface area contributed by atoms with Gasteiger partial charge in [0.15, 0.2) is 0 Å². The minimum absolute atomic E-state index is 0.0708. The molecule has 2 N–H and O–H groups in total. The summed E-state index contributed by atoms with van der Waals surface area (Å²) < 4.78 is 1.11. The first-order valence-electron chi connectivity index (χ1n) is 8.44. The van der Waals surface area contributed by atoms with Gasteiger partial charge >= 0.3 is 0 Å². The normalized spacial score (nSPS) is 13.7. The van der Waals surface area contributed by atoms with Crippen LogP contribution in [0, 0.1) is 13.8 Å². The second-order valence-corrected chi connectivity index (χ2v) is 7.59. The van der Waals surface area contributed by atoms with E-state index >= 15 is 0 Å². The van der Waals surface area contributed by atoms with Crippen LogP contribution in [0.3, 0.4) is 0 Å². The molecule has 3 heterocycles. The highest BCUT2D eigenvalue weighted by atomic mass is 32.1. The van der Waals surface area contributed by atoms with Crippen molar-refractivity contribution in [3.05, 3.63) is 57.4 Å². The molecule has 1 aliphatic heterocycles. The molecular weight excluding hydrogens is 332 g/mol. The third-order valence-electron chi connectivity index (χ3n) is 4.65. The Morgan fingerprint density at radius 3 is 3.12 bits per heavy atom. The maximum atomic E-state index is 12.6. The van der Waals surface area contributed by atoms with Gasteiger partial charge in [0.2, 0.25) is 0 Å². The van der Waals surface area contributed by atoms with Crippen molar-refractivity contribution in [2.24, 2.45) is 0 Å².